The number of hydrogen-bond acceptors (Lipinski definition) is 7. The van der Waals surface area contributed by atoms with Gasteiger partial charge in [-0.05, 0) is 25.1 Å². The highest BCUT2D eigenvalue weighted by atomic mass is 32.2. The Morgan fingerprint density at radius 3 is 2.15 bits per heavy atom. The number of nitrogens with zero attached hydrogens (tertiary/aromatic N) is 2. The molecule has 0 radical (unpaired) electrons. The average Bonchev–Trinajstić information content (AvgIpc) is 2.53. The summed E-state index contributed by atoms with van der Waals surface area (Å²) in [7, 11) is -5.82. The molecule has 144 valence electrons. The van der Waals surface area contributed by atoms with E-state index in [1.54, 1.807) is 0 Å². The van der Waals surface area contributed by atoms with Crippen LogP contribution < -0.4 is 4.74 Å². The number of alkyl halides is 3. The zero-order valence-electron chi connectivity index (χ0n) is 13.3. The van der Waals surface area contributed by atoms with Gasteiger partial charge in [-0.2, -0.15) is 13.2 Å². The average molecular weight is 406 g/mol. The monoisotopic (exact) mass is 406 g/mol. The maximum Gasteiger partial charge on any atom is 0.501 e. The summed E-state index contributed by atoms with van der Waals surface area (Å²) in [5, 5.41) is 22.3. The van der Waals surface area contributed by atoms with Crippen LogP contribution in [0.4, 0.5) is 24.5 Å². The lowest BCUT2D eigenvalue weighted by Crippen LogP contribution is -2.23. The molecular weight excluding hydrogens is 397 g/mol. The van der Waals surface area contributed by atoms with Gasteiger partial charge in [-0.15, -0.1) is 0 Å². The van der Waals surface area contributed by atoms with Crippen molar-refractivity contribution in [2.45, 2.75) is 17.3 Å². The van der Waals surface area contributed by atoms with E-state index in [0.29, 0.717) is 12.1 Å². The normalized spacial score (nSPS) is 11.9. The quantitative estimate of drug-likeness (QED) is 0.544. The predicted molar refractivity (Wildman–Crippen MR) is 84.2 cm³/mol. The van der Waals surface area contributed by atoms with Gasteiger partial charge in [0.15, 0.2) is 0 Å². The molecule has 0 saturated heterocycles. The van der Waals surface area contributed by atoms with Gasteiger partial charge >= 0.3 is 16.9 Å². The van der Waals surface area contributed by atoms with Crippen LogP contribution in [0.1, 0.15) is 5.56 Å². The highest BCUT2D eigenvalue weighted by molar-refractivity contribution is 7.92. The van der Waals surface area contributed by atoms with E-state index < -0.39 is 53.0 Å². The second kappa shape index (κ2) is 6.83. The van der Waals surface area contributed by atoms with E-state index in [2.05, 4.69) is 0 Å². The molecule has 2 aromatic carbocycles. The number of hydrogen-bond donors (Lipinski definition) is 0. The molecule has 9 nitrogen and oxygen atoms in total. The predicted octanol–water partition coefficient (Wildman–Crippen LogP) is 3.90. The lowest BCUT2D eigenvalue weighted by molar-refractivity contribution is -0.387. The van der Waals surface area contributed by atoms with E-state index in [4.69, 9.17) is 4.74 Å². The van der Waals surface area contributed by atoms with Gasteiger partial charge in [-0.25, -0.2) is 8.42 Å². The van der Waals surface area contributed by atoms with Crippen LogP contribution >= 0.6 is 0 Å². The van der Waals surface area contributed by atoms with E-state index in [0.717, 1.165) is 6.07 Å². The molecule has 0 aromatic heterocycles. The van der Waals surface area contributed by atoms with Crippen LogP contribution in [0.5, 0.6) is 11.5 Å². The molecule has 0 unspecified atom stereocenters. The molecule has 13 heteroatoms. The molecule has 2 rings (SSSR count). The highest BCUT2D eigenvalue weighted by Gasteiger charge is 2.47. The van der Waals surface area contributed by atoms with Gasteiger partial charge in [-0.3, -0.25) is 20.2 Å². The van der Waals surface area contributed by atoms with E-state index >= 15 is 0 Å². The first-order valence-electron chi connectivity index (χ1n) is 6.88. The van der Waals surface area contributed by atoms with E-state index in [1.165, 1.54) is 19.1 Å². The Balaban J connectivity index is 2.60. The van der Waals surface area contributed by atoms with Gasteiger partial charge in [0.05, 0.1) is 14.7 Å². The smallest absolute Gasteiger partial charge is 0.443 e. The number of para-hydroxylation sites is 1. The first-order valence-corrected chi connectivity index (χ1v) is 8.36. The minimum atomic E-state index is -5.82. The zero-order chi connectivity index (χ0) is 20.6. The van der Waals surface area contributed by atoms with Gasteiger partial charge in [-0.1, -0.05) is 12.1 Å². The lowest BCUT2D eigenvalue weighted by Gasteiger charge is -2.11. The van der Waals surface area contributed by atoms with Crippen molar-refractivity contribution in [3.05, 3.63) is 62.2 Å². The summed E-state index contributed by atoms with van der Waals surface area (Å²) in [6, 6.07) is 5.16. The van der Waals surface area contributed by atoms with Crippen molar-refractivity contribution < 1.29 is 36.2 Å². The number of aryl methyl sites for hydroxylation is 1. The molecule has 0 aliphatic carbocycles. The molecular formula is C14H9F3N2O7S. The van der Waals surface area contributed by atoms with Crippen LogP contribution in [-0.4, -0.2) is 23.8 Å². The summed E-state index contributed by atoms with van der Waals surface area (Å²) in [5.74, 6) is -1.05. The Morgan fingerprint density at radius 2 is 1.63 bits per heavy atom. The maximum absolute atomic E-state index is 12.6. The molecule has 27 heavy (non-hydrogen) atoms. The largest absolute Gasteiger partial charge is 0.501 e. The van der Waals surface area contributed by atoms with Crippen LogP contribution in [0.15, 0.2) is 41.3 Å². The third kappa shape index (κ3) is 3.81. The first-order chi connectivity index (χ1) is 12.4. The van der Waals surface area contributed by atoms with Gasteiger partial charge in [0.25, 0.3) is 9.84 Å². The summed E-state index contributed by atoms with van der Waals surface area (Å²) < 4.78 is 65.8. The Morgan fingerprint density at radius 1 is 1.00 bits per heavy atom. The maximum atomic E-state index is 12.6. The number of ether oxygens (including phenoxy) is 1. The summed E-state index contributed by atoms with van der Waals surface area (Å²) in [5.41, 5.74) is -7.08. The summed E-state index contributed by atoms with van der Waals surface area (Å²) >= 11 is 0. The molecule has 2 aromatic rings. The minimum absolute atomic E-state index is 0.177. The van der Waals surface area contributed by atoms with Crippen molar-refractivity contribution >= 4 is 21.2 Å². The molecule has 0 atom stereocenters. The Hall–Kier alpha value is -3.22. The van der Waals surface area contributed by atoms with Crippen LogP contribution in [0.25, 0.3) is 0 Å². The third-order valence-electron chi connectivity index (χ3n) is 3.35. The first kappa shape index (κ1) is 20.1. The second-order valence-electron chi connectivity index (χ2n) is 5.12. The fourth-order valence-electron chi connectivity index (χ4n) is 2.09. The van der Waals surface area contributed by atoms with Crippen molar-refractivity contribution in [1.29, 1.82) is 0 Å². The second-order valence-corrected chi connectivity index (χ2v) is 7.06. The number of nitro groups is 2. The Bertz CT molecular complexity index is 1040. The van der Waals surface area contributed by atoms with Crippen LogP contribution in [-0.2, 0) is 9.84 Å². The molecule has 0 saturated carbocycles. The molecule has 0 amide bonds. The Labute approximate surface area is 149 Å². The van der Waals surface area contributed by atoms with E-state index in [-0.39, 0.29) is 11.6 Å². The molecule has 0 heterocycles. The summed E-state index contributed by atoms with van der Waals surface area (Å²) in [6.45, 7) is 1.39. The van der Waals surface area contributed by atoms with Crippen molar-refractivity contribution in [2.75, 3.05) is 0 Å². The number of benzene rings is 2. The minimum Gasteiger partial charge on any atom is -0.443 e. The molecule has 0 aliphatic heterocycles. The Kier molecular flexibility index (Phi) is 5.08. The fraction of sp³-hybridized carbons (Fsp3) is 0.143. The summed E-state index contributed by atoms with van der Waals surface area (Å²) in [6.07, 6.45) is 0. The van der Waals surface area contributed by atoms with Crippen LogP contribution in [0.2, 0.25) is 0 Å². The standard InChI is InChI=1S/C14H9F3N2O7S/c1-8-3-2-4-12(13(8)19(22)23)26-11-6-5-9(7-10(11)18(20)21)27(24,25)14(15,16)17/h2-7H,1H3. The number of nitro benzene ring substituents is 2. The topological polar surface area (TPSA) is 130 Å². The number of halogens is 3. The zero-order valence-corrected chi connectivity index (χ0v) is 14.1. The van der Waals surface area contributed by atoms with Crippen LogP contribution in [0.3, 0.4) is 0 Å². The SMILES string of the molecule is Cc1cccc(Oc2ccc(S(=O)(=O)C(F)(F)F)cc2[N+](=O)[O-])c1[N+](=O)[O-]. The third-order valence-corrected chi connectivity index (χ3v) is 4.83. The van der Waals surface area contributed by atoms with Crippen molar-refractivity contribution in [2.24, 2.45) is 0 Å². The van der Waals surface area contributed by atoms with Crippen molar-refractivity contribution in [3.63, 3.8) is 0 Å². The number of sulfone groups is 1. The van der Waals surface area contributed by atoms with E-state index in [9.17, 15) is 41.8 Å². The lowest BCUT2D eigenvalue weighted by atomic mass is 10.2. The molecule has 0 fully saturated rings. The fourth-order valence-corrected chi connectivity index (χ4v) is 2.88. The van der Waals surface area contributed by atoms with Crippen molar-refractivity contribution in [3.8, 4) is 11.5 Å². The van der Waals surface area contributed by atoms with Crippen LogP contribution in [0, 0.1) is 27.2 Å². The van der Waals surface area contributed by atoms with Gasteiger partial charge in [0, 0.05) is 11.6 Å². The van der Waals surface area contributed by atoms with Crippen molar-refractivity contribution in [1.82, 2.24) is 0 Å². The molecule has 0 aliphatic rings. The molecule has 0 N–H and O–H groups in total. The van der Waals surface area contributed by atoms with Gasteiger partial charge in [0.1, 0.15) is 0 Å². The van der Waals surface area contributed by atoms with Gasteiger partial charge in [0.2, 0.25) is 11.5 Å². The van der Waals surface area contributed by atoms with Gasteiger partial charge < -0.3 is 4.74 Å². The number of rotatable bonds is 5. The highest BCUT2D eigenvalue weighted by Crippen LogP contribution is 2.40. The molecule has 0 spiro atoms. The summed E-state index contributed by atoms with van der Waals surface area (Å²) in [4.78, 5) is 19.0. The molecule has 0 bridgehead atoms. The van der Waals surface area contributed by atoms with E-state index in [1.807, 2.05) is 0 Å².